The highest BCUT2D eigenvalue weighted by Gasteiger charge is 2.32. The normalized spacial score (nSPS) is 15.0. The van der Waals surface area contributed by atoms with Crippen LogP contribution in [0.3, 0.4) is 0 Å². The molecule has 0 atom stereocenters. The van der Waals surface area contributed by atoms with Gasteiger partial charge in [-0.2, -0.15) is 0 Å². The van der Waals surface area contributed by atoms with Crippen molar-refractivity contribution in [2.24, 2.45) is 11.8 Å². The third-order valence-corrected chi connectivity index (χ3v) is 3.64. The molecule has 0 spiro atoms. The van der Waals surface area contributed by atoms with E-state index < -0.39 is 0 Å². The largest absolute Gasteiger partial charge is 0.351 e. The first-order chi connectivity index (χ1) is 9.99. The Bertz CT molecular complexity index is 455. The molecule has 1 fully saturated rings. The van der Waals surface area contributed by atoms with Crippen LogP contribution in [-0.2, 0) is 6.54 Å². The summed E-state index contributed by atoms with van der Waals surface area (Å²) in [5.41, 5.74) is 0.718. The van der Waals surface area contributed by atoms with Crippen LogP contribution in [0.1, 0.15) is 46.1 Å². The second-order valence-electron chi connectivity index (χ2n) is 6.91. The van der Waals surface area contributed by atoms with Gasteiger partial charge in [0.25, 0.3) is 0 Å². The van der Waals surface area contributed by atoms with Crippen LogP contribution in [0.2, 0.25) is 0 Å². The van der Waals surface area contributed by atoms with Gasteiger partial charge in [0.05, 0.1) is 0 Å². The third kappa shape index (κ3) is 4.67. The molecule has 0 aromatic carbocycles. The lowest BCUT2D eigenvalue weighted by atomic mass is 10.1. The van der Waals surface area contributed by atoms with E-state index in [4.69, 9.17) is 0 Å². The highest BCUT2D eigenvalue weighted by molar-refractivity contribution is 5.45. The van der Waals surface area contributed by atoms with E-state index in [2.05, 4.69) is 42.9 Å². The van der Waals surface area contributed by atoms with Crippen molar-refractivity contribution in [1.29, 1.82) is 0 Å². The summed E-state index contributed by atoms with van der Waals surface area (Å²) in [6, 6.07) is 2.26. The summed E-state index contributed by atoms with van der Waals surface area (Å²) in [4.78, 5) is 6.48. The first kappa shape index (κ1) is 16.2. The fraction of sp³-hybridized carbons (Fsp3) is 0.706. The predicted octanol–water partition coefficient (Wildman–Crippen LogP) is 3.59. The summed E-state index contributed by atoms with van der Waals surface area (Å²) >= 11 is 0. The Morgan fingerprint density at radius 2 is 2.00 bits per heavy atom. The highest BCUT2D eigenvalue weighted by Crippen LogP contribution is 2.33. The second kappa shape index (κ2) is 7.21. The molecule has 0 unspecified atom stereocenters. The average Bonchev–Trinajstić information content (AvgIpc) is 3.22. The topological polar surface area (TPSA) is 28.2 Å². The maximum absolute atomic E-state index is 14.7. The first-order valence-electron chi connectivity index (χ1n) is 8.09. The molecular weight excluding hydrogens is 265 g/mol. The Morgan fingerprint density at radius 3 is 2.57 bits per heavy atom. The smallest absolute Gasteiger partial charge is 0.170 e. The quantitative estimate of drug-likeness (QED) is 0.794. The van der Waals surface area contributed by atoms with Crippen molar-refractivity contribution in [3.8, 4) is 0 Å². The standard InChI is InChI=1S/C17H28FN3/c1-12(2)9-19-10-14-7-8-20-17(16(14)18)21(11-13(3)4)15-5-6-15/h7-8,12-13,15,19H,5-6,9-11H2,1-4H3. The van der Waals surface area contributed by atoms with Gasteiger partial charge in [-0.15, -0.1) is 0 Å². The van der Waals surface area contributed by atoms with Gasteiger partial charge in [-0.3, -0.25) is 0 Å². The number of anilines is 1. The zero-order valence-electron chi connectivity index (χ0n) is 13.7. The molecular formula is C17H28FN3. The van der Waals surface area contributed by atoms with E-state index >= 15 is 0 Å². The third-order valence-electron chi connectivity index (χ3n) is 3.64. The maximum Gasteiger partial charge on any atom is 0.170 e. The van der Waals surface area contributed by atoms with E-state index in [0.717, 1.165) is 31.5 Å². The summed E-state index contributed by atoms with van der Waals surface area (Å²) in [7, 11) is 0. The number of nitrogens with zero attached hydrogens (tertiary/aromatic N) is 2. The Labute approximate surface area is 127 Å². The van der Waals surface area contributed by atoms with Crippen LogP contribution >= 0.6 is 0 Å². The molecule has 0 aliphatic heterocycles. The molecule has 0 amide bonds. The first-order valence-corrected chi connectivity index (χ1v) is 8.09. The number of halogens is 1. The van der Waals surface area contributed by atoms with Gasteiger partial charge in [0.2, 0.25) is 0 Å². The van der Waals surface area contributed by atoms with Crippen molar-refractivity contribution in [1.82, 2.24) is 10.3 Å². The minimum absolute atomic E-state index is 0.152. The van der Waals surface area contributed by atoms with Crippen molar-refractivity contribution in [2.45, 2.75) is 53.1 Å². The molecule has 0 bridgehead atoms. The van der Waals surface area contributed by atoms with Gasteiger partial charge in [0.15, 0.2) is 11.6 Å². The molecule has 21 heavy (non-hydrogen) atoms. The van der Waals surface area contributed by atoms with Crippen LogP contribution in [0.5, 0.6) is 0 Å². The molecule has 1 heterocycles. The van der Waals surface area contributed by atoms with Gasteiger partial charge < -0.3 is 10.2 Å². The van der Waals surface area contributed by atoms with Crippen molar-refractivity contribution >= 4 is 5.82 Å². The van der Waals surface area contributed by atoms with Crippen molar-refractivity contribution in [3.63, 3.8) is 0 Å². The molecule has 1 aromatic heterocycles. The lowest BCUT2D eigenvalue weighted by Crippen LogP contribution is -2.32. The van der Waals surface area contributed by atoms with Crippen molar-refractivity contribution < 1.29 is 4.39 Å². The van der Waals surface area contributed by atoms with Gasteiger partial charge >= 0.3 is 0 Å². The minimum Gasteiger partial charge on any atom is -0.351 e. The molecule has 2 rings (SSSR count). The van der Waals surface area contributed by atoms with Crippen LogP contribution in [-0.4, -0.2) is 24.1 Å². The van der Waals surface area contributed by atoms with Crippen LogP contribution in [0.4, 0.5) is 10.2 Å². The summed E-state index contributed by atoms with van der Waals surface area (Å²) < 4.78 is 14.7. The lowest BCUT2D eigenvalue weighted by molar-refractivity contribution is 0.527. The zero-order chi connectivity index (χ0) is 15.4. The number of rotatable bonds is 8. The van der Waals surface area contributed by atoms with Gasteiger partial charge in [0, 0.05) is 30.9 Å². The minimum atomic E-state index is -0.152. The zero-order valence-corrected chi connectivity index (χ0v) is 13.7. The molecule has 1 N–H and O–H groups in total. The predicted molar refractivity (Wildman–Crippen MR) is 85.9 cm³/mol. The number of pyridine rings is 1. The van der Waals surface area contributed by atoms with Crippen molar-refractivity contribution in [3.05, 3.63) is 23.6 Å². The molecule has 1 aromatic rings. The van der Waals surface area contributed by atoms with E-state index in [9.17, 15) is 4.39 Å². The SMILES string of the molecule is CC(C)CNCc1ccnc(N(CC(C)C)C2CC2)c1F. The monoisotopic (exact) mass is 293 g/mol. The molecule has 1 aliphatic carbocycles. The van der Waals surface area contributed by atoms with Gasteiger partial charge in [-0.25, -0.2) is 9.37 Å². The average molecular weight is 293 g/mol. The summed E-state index contributed by atoms with van der Waals surface area (Å²) in [5, 5.41) is 3.31. The summed E-state index contributed by atoms with van der Waals surface area (Å²) in [6.45, 7) is 11.0. The van der Waals surface area contributed by atoms with Crippen LogP contribution in [0, 0.1) is 17.7 Å². The highest BCUT2D eigenvalue weighted by atomic mass is 19.1. The maximum atomic E-state index is 14.7. The molecule has 4 heteroatoms. The van der Waals surface area contributed by atoms with Crippen LogP contribution in [0.25, 0.3) is 0 Å². The Balaban J connectivity index is 2.11. The van der Waals surface area contributed by atoms with Gasteiger partial charge in [-0.05, 0) is 37.3 Å². The molecule has 118 valence electrons. The molecule has 1 saturated carbocycles. The Hall–Kier alpha value is -1.16. The summed E-state index contributed by atoms with van der Waals surface area (Å²) in [6.07, 6.45) is 4.05. The number of aromatic nitrogens is 1. The number of nitrogens with one attached hydrogen (secondary N) is 1. The molecule has 0 radical (unpaired) electrons. The Kier molecular flexibility index (Phi) is 5.57. The fourth-order valence-corrected chi connectivity index (χ4v) is 2.49. The van der Waals surface area contributed by atoms with Gasteiger partial charge in [0.1, 0.15) is 0 Å². The molecule has 1 aliphatic rings. The second-order valence-corrected chi connectivity index (χ2v) is 6.91. The fourth-order valence-electron chi connectivity index (χ4n) is 2.49. The van der Waals surface area contributed by atoms with E-state index in [0.29, 0.717) is 30.2 Å². The lowest BCUT2D eigenvalue weighted by Gasteiger charge is -2.26. The van der Waals surface area contributed by atoms with E-state index in [-0.39, 0.29) is 5.82 Å². The van der Waals surface area contributed by atoms with E-state index in [1.807, 2.05) is 0 Å². The molecule has 3 nitrogen and oxygen atoms in total. The van der Waals surface area contributed by atoms with E-state index in [1.165, 1.54) is 0 Å². The van der Waals surface area contributed by atoms with Crippen LogP contribution in [0.15, 0.2) is 12.3 Å². The number of hydrogen-bond donors (Lipinski definition) is 1. The van der Waals surface area contributed by atoms with Crippen molar-refractivity contribution in [2.75, 3.05) is 18.0 Å². The van der Waals surface area contributed by atoms with Crippen LogP contribution < -0.4 is 10.2 Å². The molecule has 0 saturated heterocycles. The van der Waals surface area contributed by atoms with E-state index in [1.54, 1.807) is 12.3 Å². The number of hydrogen-bond acceptors (Lipinski definition) is 3. The van der Waals surface area contributed by atoms with Gasteiger partial charge in [-0.1, -0.05) is 27.7 Å². The summed E-state index contributed by atoms with van der Waals surface area (Å²) in [5.74, 6) is 1.46. The Morgan fingerprint density at radius 1 is 1.29 bits per heavy atom.